The molecular formula is C21H28N5O2S+. The number of aromatic hydroxyl groups is 1. The molecule has 4 N–H and O–H groups in total. The van der Waals surface area contributed by atoms with Gasteiger partial charge in [-0.2, -0.15) is 4.52 Å². The number of hydrogen-bond acceptors (Lipinski definition) is 5. The lowest BCUT2D eigenvalue weighted by molar-refractivity contribution is -0.930. The molecule has 0 radical (unpaired) electrons. The summed E-state index contributed by atoms with van der Waals surface area (Å²) in [5.74, 6) is 0.648. The lowest BCUT2D eigenvalue weighted by atomic mass is 9.93. The molecule has 29 heavy (non-hydrogen) atoms. The highest BCUT2D eigenvalue weighted by atomic mass is 32.1. The molecule has 1 fully saturated rings. The molecule has 1 aliphatic rings. The van der Waals surface area contributed by atoms with Crippen molar-refractivity contribution in [3.63, 3.8) is 0 Å². The van der Waals surface area contributed by atoms with E-state index in [4.69, 9.17) is 5.73 Å². The van der Waals surface area contributed by atoms with Gasteiger partial charge in [-0.05, 0) is 12.0 Å². The molecular weight excluding hydrogens is 386 g/mol. The van der Waals surface area contributed by atoms with Crippen molar-refractivity contribution in [3.05, 3.63) is 46.1 Å². The van der Waals surface area contributed by atoms with E-state index in [1.54, 1.807) is 4.52 Å². The molecule has 0 saturated carbocycles. The van der Waals surface area contributed by atoms with E-state index < -0.39 is 0 Å². The number of benzene rings is 1. The maximum atomic E-state index is 11.6. The quantitative estimate of drug-likeness (QED) is 0.569. The van der Waals surface area contributed by atoms with Crippen LogP contribution in [0.5, 0.6) is 5.88 Å². The molecule has 7 nitrogen and oxygen atoms in total. The molecule has 0 aliphatic carbocycles. The minimum Gasteiger partial charge on any atom is -0.492 e. The standard InChI is InChI=1S/C21H27N5O2S/c1-3-13-5-7-14(8-6-13)17(25-11-9-15(10-12-25)19(22)27)18-20(28)26-21(29-18)23-16(4-2)24-26/h5-8,15,17,28H,3-4,9-12H2,1-2H3,(H2,22,27)/p+1/t17-/m1/s1. The first-order valence-corrected chi connectivity index (χ1v) is 11.1. The predicted molar refractivity (Wildman–Crippen MR) is 112 cm³/mol. The summed E-state index contributed by atoms with van der Waals surface area (Å²) in [4.78, 5) is 19.1. The summed E-state index contributed by atoms with van der Waals surface area (Å²) in [6.45, 7) is 5.81. The van der Waals surface area contributed by atoms with Gasteiger partial charge >= 0.3 is 0 Å². The Morgan fingerprint density at radius 3 is 2.52 bits per heavy atom. The third-order valence-electron chi connectivity index (χ3n) is 5.98. The molecule has 8 heteroatoms. The molecule has 0 spiro atoms. The minimum absolute atomic E-state index is 0.0201. The summed E-state index contributed by atoms with van der Waals surface area (Å²) in [5.41, 5.74) is 7.97. The van der Waals surface area contributed by atoms with Gasteiger partial charge < -0.3 is 15.7 Å². The largest absolute Gasteiger partial charge is 0.492 e. The predicted octanol–water partition coefficient (Wildman–Crippen LogP) is 1.49. The molecule has 0 unspecified atom stereocenters. The van der Waals surface area contributed by atoms with Crippen LogP contribution < -0.4 is 10.6 Å². The van der Waals surface area contributed by atoms with Crippen LogP contribution in [0.2, 0.25) is 0 Å². The van der Waals surface area contributed by atoms with Crippen molar-refractivity contribution in [2.75, 3.05) is 13.1 Å². The number of hydrogen-bond donors (Lipinski definition) is 3. The summed E-state index contributed by atoms with van der Waals surface area (Å²) in [6.07, 6.45) is 3.27. The summed E-state index contributed by atoms with van der Waals surface area (Å²) in [6, 6.07) is 8.60. The number of aryl methyl sites for hydroxylation is 2. The number of nitrogens with zero attached hydrogens (tertiary/aromatic N) is 3. The average molecular weight is 415 g/mol. The van der Waals surface area contributed by atoms with E-state index in [9.17, 15) is 9.90 Å². The molecule has 1 atom stereocenters. The van der Waals surface area contributed by atoms with Crippen LogP contribution in [-0.4, -0.2) is 38.7 Å². The number of piperidine rings is 1. The van der Waals surface area contributed by atoms with Gasteiger partial charge in [0.25, 0.3) is 0 Å². The highest BCUT2D eigenvalue weighted by molar-refractivity contribution is 7.17. The van der Waals surface area contributed by atoms with Gasteiger partial charge in [-0.25, -0.2) is 4.98 Å². The molecule has 154 valence electrons. The monoisotopic (exact) mass is 414 g/mol. The molecule has 0 bridgehead atoms. The number of amides is 1. The number of thiazole rings is 1. The van der Waals surface area contributed by atoms with Gasteiger partial charge in [0.15, 0.2) is 11.9 Å². The minimum atomic E-state index is -0.207. The van der Waals surface area contributed by atoms with Crippen molar-refractivity contribution in [1.29, 1.82) is 0 Å². The molecule has 1 amide bonds. The van der Waals surface area contributed by atoms with Gasteiger partial charge in [0.05, 0.1) is 13.1 Å². The van der Waals surface area contributed by atoms with Crippen molar-refractivity contribution in [3.8, 4) is 5.88 Å². The molecule has 1 saturated heterocycles. The van der Waals surface area contributed by atoms with E-state index in [2.05, 4.69) is 41.3 Å². The Hall–Kier alpha value is -2.45. The number of fused-ring (bicyclic) bond motifs is 1. The Morgan fingerprint density at radius 1 is 1.28 bits per heavy atom. The van der Waals surface area contributed by atoms with E-state index >= 15 is 0 Å². The zero-order chi connectivity index (χ0) is 20.5. The second-order valence-corrected chi connectivity index (χ2v) is 8.74. The number of rotatable bonds is 6. The first-order valence-electron chi connectivity index (χ1n) is 10.3. The number of carbonyl (C=O) groups is 1. The van der Waals surface area contributed by atoms with E-state index in [-0.39, 0.29) is 23.7 Å². The SMILES string of the molecule is CCc1ccc([C@H](c2sc3nc(CC)nn3c2O)[NH+]2CCC(C(N)=O)CC2)cc1. The van der Waals surface area contributed by atoms with E-state index in [0.29, 0.717) is 0 Å². The van der Waals surface area contributed by atoms with Crippen molar-refractivity contribution in [2.45, 2.75) is 45.6 Å². The van der Waals surface area contributed by atoms with Gasteiger partial charge in [-0.1, -0.05) is 49.4 Å². The Balaban J connectivity index is 1.73. The van der Waals surface area contributed by atoms with Crippen molar-refractivity contribution in [1.82, 2.24) is 14.6 Å². The van der Waals surface area contributed by atoms with Crippen LogP contribution >= 0.6 is 11.3 Å². The van der Waals surface area contributed by atoms with Crippen LogP contribution in [0.1, 0.15) is 54.6 Å². The Kier molecular flexibility index (Phi) is 5.56. The third kappa shape index (κ3) is 3.74. The average Bonchev–Trinajstić information content (AvgIpc) is 3.28. The Labute approximate surface area is 174 Å². The van der Waals surface area contributed by atoms with Crippen molar-refractivity contribution < 1.29 is 14.8 Å². The molecule has 1 aromatic carbocycles. The highest BCUT2D eigenvalue weighted by Crippen LogP contribution is 2.35. The first kappa shape index (κ1) is 19.8. The normalized spacial score (nSPS) is 20.8. The number of primary amides is 1. The van der Waals surface area contributed by atoms with Crippen LogP contribution in [0.25, 0.3) is 4.96 Å². The molecule has 4 rings (SSSR count). The number of carbonyl (C=O) groups excluding carboxylic acids is 1. The second-order valence-electron chi connectivity index (χ2n) is 7.73. The molecule has 3 heterocycles. The maximum absolute atomic E-state index is 11.6. The van der Waals surface area contributed by atoms with Gasteiger partial charge in [0.1, 0.15) is 4.88 Å². The summed E-state index contributed by atoms with van der Waals surface area (Å²) >= 11 is 1.50. The van der Waals surface area contributed by atoms with Crippen LogP contribution in [0.3, 0.4) is 0 Å². The number of likely N-dealkylation sites (tertiary alicyclic amines) is 1. The van der Waals surface area contributed by atoms with Crippen LogP contribution in [-0.2, 0) is 17.6 Å². The fourth-order valence-corrected chi connectivity index (χ4v) is 5.37. The molecule has 1 aliphatic heterocycles. The molecule has 3 aromatic rings. The fraction of sp³-hybridized carbons (Fsp3) is 0.476. The van der Waals surface area contributed by atoms with Gasteiger partial charge in [-0.3, -0.25) is 4.79 Å². The van der Waals surface area contributed by atoms with Crippen molar-refractivity contribution in [2.24, 2.45) is 11.7 Å². The Bertz CT molecular complexity index is 1000. The van der Waals surface area contributed by atoms with E-state index in [1.807, 2.05) is 6.92 Å². The number of quaternary nitrogens is 1. The van der Waals surface area contributed by atoms with Crippen molar-refractivity contribution >= 4 is 22.2 Å². The summed E-state index contributed by atoms with van der Waals surface area (Å²) in [5, 5.41) is 15.4. The number of nitrogens with two attached hydrogens (primary N) is 1. The first-order chi connectivity index (χ1) is 14.0. The van der Waals surface area contributed by atoms with Gasteiger partial charge in [0.2, 0.25) is 16.7 Å². The molecule has 2 aromatic heterocycles. The van der Waals surface area contributed by atoms with Gasteiger partial charge in [0, 0.05) is 30.7 Å². The second kappa shape index (κ2) is 8.12. The van der Waals surface area contributed by atoms with E-state index in [0.717, 1.165) is 60.0 Å². The third-order valence-corrected chi connectivity index (χ3v) is 7.07. The lowest BCUT2D eigenvalue weighted by Crippen LogP contribution is -3.13. The zero-order valence-corrected chi connectivity index (χ0v) is 17.7. The Morgan fingerprint density at radius 2 is 1.97 bits per heavy atom. The maximum Gasteiger partial charge on any atom is 0.235 e. The summed E-state index contributed by atoms with van der Waals surface area (Å²) < 4.78 is 1.56. The smallest absolute Gasteiger partial charge is 0.235 e. The zero-order valence-electron chi connectivity index (χ0n) is 16.9. The lowest BCUT2D eigenvalue weighted by Gasteiger charge is -2.33. The highest BCUT2D eigenvalue weighted by Gasteiger charge is 2.36. The fourth-order valence-electron chi connectivity index (χ4n) is 4.21. The van der Waals surface area contributed by atoms with E-state index in [1.165, 1.54) is 21.8 Å². The summed E-state index contributed by atoms with van der Waals surface area (Å²) in [7, 11) is 0. The van der Waals surface area contributed by atoms with Crippen LogP contribution in [0, 0.1) is 5.92 Å². The number of aromatic nitrogens is 3. The topological polar surface area (TPSA) is 97.9 Å². The van der Waals surface area contributed by atoms with Crippen LogP contribution in [0.15, 0.2) is 24.3 Å². The van der Waals surface area contributed by atoms with Crippen LogP contribution in [0.4, 0.5) is 0 Å². The van der Waals surface area contributed by atoms with Gasteiger partial charge in [-0.15, -0.1) is 5.10 Å². The number of nitrogens with one attached hydrogen (secondary N) is 1.